The second-order valence-electron chi connectivity index (χ2n) is 3.34. The molecule has 1 amide bonds. The van der Waals surface area contributed by atoms with Crippen LogP contribution in [0, 0.1) is 5.21 Å². The molecule has 1 rings (SSSR count). The lowest BCUT2D eigenvalue weighted by molar-refractivity contribution is -0.629. The molecule has 1 atom stereocenters. The Morgan fingerprint density at radius 2 is 2.12 bits per heavy atom. The van der Waals surface area contributed by atoms with E-state index in [1.807, 2.05) is 5.32 Å². The highest BCUT2D eigenvalue weighted by Crippen LogP contribution is 2.26. The van der Waals surface area contributed by atoms with Crippen LogP contribution in [0.25, 0.3) is 0 Å². The van der Waals surface area contributed by atoms with E-state index >= 15 is 0 Å². The Balaban J connectivity index is 3.00. The summed E-state index contributed by atoms with van der Waals surface area (Å²) in [7, 11) is 0. The van der Waals surface area contributed by atoms with Gasteiger partial charge in [0.05, 0.1) is 6.04 Å². The van der Waals surface area contributed by atoms with Crippen LogP contribution >= 0.6 is 0 Å². The molecule has 0 spiro atoms. The van der Waals surface area contributed by atoms with E-state index in [1.165, 1.54) is 6.92 Å². The first-order valence-electron chi connectivity index (χ1n) is 4.51. The second kappa shape index (κ2) is 4.48. The van der Waals surface area contributed by atoms with E-state index in [9.17, 15) is 23.2 Å². The lowest BCUT2D eigenvalue weighted by atomic mass is 10.1. The van der Waals surface area contributed by atoms with Crippen molar-refractivity contribution in [2.75, 3.05) is 0 Å². The zero-order chi connectivity index (χ0) is 13.2. The van der Waals surface area contributed by atoms with Crippen molar-refractivity contribution in [3.63, 3.8) is 0 Å². The number of hydrogen-bond donors (Lipinski definition) is 2. The van der Waals surface area contributed by atoms with Crippen molar-refractivity contribution in [2.24, 2.45) is 0 Å². The molecule has 0 aliphatic carbocycles. The van der Waals surface area contributed by atoms with Crippen LogP contribution in [0.15, 0.2) is 18.3 Å². The summed E-state index contributed by atoms with van der Waals surface area (Å²) < 4.78 is 36.5. The van der Waals surface area contributed by atoms with Gasteiger partial charge in [0, 0.05) is 11.6 Å². The fraction of sp³-hybridized carbons (Fsp3) is 0.333. The lowest BCUT2D eigenvalue weighted by Crippen LogP contribution is -2.38. The minimum Gasteiger partial charge on any atom is -0.618 e. The molecule has 0 aliphatic rings. The quantitative estimate of drug-likeness (QED) is 0.619. The molecule has 0 saturated carbocycles. The third-order valence-corrected chi connectivity index (χ3v) is 2.07. The number of amides is 1. The summed E-state index contributed by atoms with van der Waals surface area (Å²) in [6, 6.07) is 0.898. The standard InChI is InChI=1S/C9H9F3N2O3/c1-5(13-8(15)16)6-2-3-7(9(10,11)12)14(17)4-6/h2-5,13H,1H3,(H,15,16). The van der Waals surface area contributed by atoms with E-state index in [4.69, 9.17) is 5.11 Å². The molecule has 0 fully saturated rings. The molecule has 8 heteroatoms. The van der Waals surface area contributed by atoms with E-state index in [0.717, 1.165) is 6.07 Å². The monoisotopic (exact) mass is 250 g/mol. The highest BCUT2D eigenvalue weighted by Gasteiger charge is 2.39. The van der Waals surface area contributed by atoms with E-state index in [-0.39, 0.29) is 10.3 Å². The average molecular weight is 250 g/mol. The molecule has 0 aliphatic heterocycles. The van der Waals surface area contributed by atoms with Crippen LogP contribution < -0.4 is 10.0 Å². The number of carbonyl (C=O) groups is 1. The number of pyridine rings is 1. The van der Waals surface area contributed by atoms with Crippen molar-refractivity contribution < 1.29 is 27.8 Å². The largest absolute Gasteiger partial charge is 0.618 e. The number of nitrogens with zero attached hydrogens (tertiary/aromatic N) is 1. The predicted molar refractivity (Wildman–Crippen MR) is 50.0 cm³/mol. The maximum Gasteiger partial charge on any atom is 0.478 e. The first-order chi connectivity index (χ1) is 7.71. The Labute approximate surface area is 94.1 Å². The van der Waals surface area contributed by atoms with Crippen molar-refractivity contribution in [3.05, 3.63) is 34.8 Å². The summed E-state index contributed by atoms with van der Waals surface area (Å²) in [6.07, 6.45) is -5.36. The van der Waals surface area contributed by atoms with E-state index < -0.39 is 24.0 Å². The maximum atomic E-state index is 12.3. The van der Waals surface area contributed by atoms with Gasteiger partial charge in [0.1, 0.15) is 0 Å². The molecular weight excluding hydrogens is 241 g/mol. The van der Waals surface area contributed by atoms with Gasteiger partial charge in [-0.3, -0.25) is 0 Å². The smallest absolute Gasteiger partial charge is 0.478 e. The van der Waals surface area contributed by atoms with Gasteiger partial charge >= 0.3 is 12.3 Å². The number of hydrogen-bond acceptors (Lipinski definition) is 2. The highest BCUT2D eigenvalue weighted by molar-refractivity contribution is 5.65. The van der Waals surface area contributed by atoms with Gasteiger partial charge in [-0.2, -0.15) is 17.9 Å². The molecule has 94 valence electrons. The number of carboxylic acid groups (broad SMARTS) is 1. The molecule has 0 bridgehead atoms. The molecule has 2 N–H and O–H groups in total. The van der Waals surface area contributed by atoms with Crippen molar-refractivity contribution >= 4 is 6.09 Å². The maximum absolute atomic E-state index is 12.3. The van der Waals surface area contributed by atoms with Crippen molar-refractivity contribution in [3.8, 4) is 0 Å². The predicted octanol–water partition coefficient (Wildman–Crippen LogP) is 1.67. The first kappa shape index (κ1) is 13.1. The van der Waals surface area contributed by atoms with Crippen LogP contribution in [-0.2, 0) is 6.18 Å². The Kier molecular flexibility index (Phi) is 3.45. The minimum atomic E-state index is -4.73. The molecule has 1 unspecified atom stereocenters. The number of aromatic nitrogens is 1. The SMILES string of the molecule is CC(NC(=O)O)c1ccc(C(F)(F)F)[n+]([O-])c1. The Morgan fingerprint density at radius 3 is 2.53 bits per heavy atom. The zero-order valence-electron chi connectivity index (χ0n) is 8.65. The van der Waals surface area contributed by atoms with Gasteiger partial charge in [-0.15, -0.1) is 0 Å². The number of nitrogens with one attached hydrogen (secondary N) is 1. The second-order valence-corrected chi connectivity index (χ2v) is 3.34. The van der Waals surface area contributed by atoms with Crippen LogP contribution in [0.4, 0.5) is 18.0 Å². The van der Waals surface area contributed by atoms with Gasteiger partial charge in [-0.05, 0) is 13.0 Å². The molecule has 1 aromatic rings. The van der Waals surface area contributed by atoms with Gasteiger partial charge in [0.25, 0.3) is 5.69 Å². The average Bonchev–Trinajstić information content (AvgIpc) is 2.14. The van der Waals surface area contributed by atoms with Gasteiger partial charge in [-0.25, -0.2) is 4.79 Å². The van der Waals surface area contributed by atoms with Gasteiger partial charge in [0.2, 0.25) is 0 Å². The Morgan fingerprint density at radius 1 is 1.53 bits per heavy atom. The molecule has 1 aromatic heterocycles. The van der Waals surface area contributed by atoms with Crippen molar-refractivity contribution in [1.29, 1.82) is 0 Å². The normalized spacial score (nSPS) is 13.2. The molecule has 0 radical (unpaired) electrons. The fourth-order valence-electron chi connectivity index (χ4n) is 1.24. The van der Waals surface area contributed by atoms with E-state index in [0.29, 0.717) is 12.3 Å². The summed E-state index contributed by atoms with van der Waals surface area (Å²) >= 11 is 0. The van der Waals surface area contributed by atoms with Gasteiger partial charge in [-0.1, -0.05) is 0 Å². The van der Waals surface area contributed by atoms with E-state index in [1.54, 1.807) is 0 Å². The summed E-state index contributed by atoms with van der Waals surface area (Å²) in [5.74, 6) is 0. The van der Waals surface area contributed by atoms with Gasteiger partial charge in [0.15, 0.2) is 6.20 Å². The summed E-state index contributed by atoms with van der Waals surface area (Å²) in [5, 5.41) is 21.5. The van der Waals surface area contributed by atoms with Crippen LogP contribution in [0.2, 0.25) is 0 Å². The van der Waals surface area contributed by atoms with Crippen LogP contribution in [0.5, 0.6) is 0 Å². The third-order valence-electron chi connectivity index (χ3n) is 2.07. The Hall–Kier alpha value is -1.99. The summed E-state index contributed by atoms with van der Waals surface area (Å²) in [4.78, 5) is 10.3. The minimum absolute atomic E-state index is 0.149. The number of alkyl halides is 3. The molecule has 17 heavy (non-hydrogen) atoms. The van der Waals surface area contributed by atoms with Crippen LogP contribution in [-0.4, -0.2) is 11.2 Å². The van der Waals surface area contributed by atoms with Crippen LogP contribution in [0.3, 0.4) is 0 Å². The molecule has 1 heterocycles. The van der Waals surface area contributed by atoms with Crippen molar-refractivity contribution in [1.82, 2.24) is 5.32 Å². The summed E-state index contributed by atoms with van der Waals surface area (Å²) in [5.41, 5.74) is -1.20. The van der Waals surface area contributed by atoms with Crippen molar-refractivity contribution in [2.45, 2.75) is 19.1 Å². The van der Waals surface area contributed by atoms with E-state index in [2.05, 4.69) is 0 Å². The molecular formula is C9H9F3N2O3. The number of halogens is 3. The highest BCUT2D eigenvalue weighted by atomic mass is 19.4. The van der Waals surface area contributed by atoms with Gasteiger partial charge < -0.3 is 15.6 Å². The Bertz CT molecular complexity index is 434. The molecule has 5 nitrogen and oxygen atoms in total. The zero-order valence-corrected chi connectivity index (χ0v) is 8.65. The molecule has 0 saturated heterocycles. The van der Waals surface area contributed by atoms with Crippen LogP contribution in [0.1, 0.15) is 24.2 Å². The topological polar surface area (TPSA) is 76.3 Å². The first-order valence-corrected chi connectivity index (χ1v) is 4.51. The fourth-order valence-corrected chi connectivity index (χ4v) is 1.24. The lowest BCUT2D eigenvalue weighted by Gasteiger charge is -2.13. The summed E-state index contributed by atoms with van der Waals surface area (Å²) in [6.45, 7) is 1.41. The third kappa shape index (κ3) is 3.23. The molecule has 0 aromatic carbocycles. The number of rotatable bonds is 2.